The van der Waals surface area contributed by atoms with Gasteiger partial charge in [-0.1, -0.05) is 6.58 Å². The van der Waals surface area contributed by atoms with Crippen LogP contribution in [0.25, 0.3) is 0 Å². The average Bonchev–Trinajstić information content (AvgIpc) is 1.65. The van der Waals surface area contributed by atoms with Crippen LogP contribution in [0.15, 0.2) is 12.2 Å². The van der Waals surface area contributed by atoms with Gasteiger partial charge >= 0.3 is 0 Å². The first kappa shape index (κ1) is 5.76. The Morgan fingerprint density at radius 3 is 2.50 bits per heavy atom. The first-order valence-corrected chi connectivity index (χ1v) is 2.18. The summed E-state index contributed by atoms with van der Waals surface area (Å²) in [5, 5.41) is 0. The highest BCUT2D eigenvalue weighted by atomic mass is 32.1. The summed E-state index contributed by atoms with van der Waals surface area (Å²) in [5.74, 6) is 0.462. The van der Waals surface area contributed by atoms with Gasteiger partial charge in [-0.15, -0.1) is 0 Å². The molecule has 0 saturated heterocycles. The van der Waals surface area contributed by atoms with E-state index in [4.69, 9.17) is 0 Å². The van der Waals surface area contributed by atoms with Gasteiger partial charge < -0.3 is 0 Å². The fourth-order valence-corrected chi connectivity index (χ4v) is 0.112. The molecular weight excluding hydrogens is 96.1 g/mol. The van der Waals surface area contributed by atoms with Crippen LogP contribution in [0, 0.1) is 0 Å². The van der Waals surface area contributed by atoms with E-state index >= 15 is 0 Å². The van der Waals surface area contributed by atoms with Crippen LogP contribution in [0.4, 0.5) is 0 Å². The normalized spacial score (nSPS) is 7.50. The van der Waals surface area contributed by atoms with Gasteiger partial charge in [-0.2, -0.15) is 12.6 Å². The summed E-state index contributed by atoms with van der Waals surface area (Å²) in [5.41, 5.74) is 0.526. The molecular formula is C4H6OS. The van der Waals surface area contributed by atoms with E-state index < -0.39 is 0 Å². The quantitative estimate of drug-likeness (QED) is 0.308. The number of carbonyl (C=O) groups excluding carboxylic acids is 1. The first-order chi connectivity index (χ1) is 2.81. The van der Waals surface area contributed by atoms with Gasteiger partial charge in [0, 0.05) is 5.75 Å². The first-order valence-electron chi connectivity index (χ1n) is 1.55. The molecule has 0 aromatic heterocycles. The van der Waals surface area contributed by atoms with E-state index in [1.54, 1.807) is 0 Å². The lowest BCUT2D eigenvalue weighted by atomic mass is 10.4. The largest absolute Gasteiger partial charge is 0.298 e. The third kappa shape index (κ3) is 2.03. The molecule has 0 spiro atoms. The minimum atomic E-state index is 0.462. The highest BCUT2D eigenvalue weighted by molar-refractivity contribution is 7.80. The molecule has 0 fully saturated rings. The van der Waals surface area contributed by atoms with E-state index in [-0.39, 0.29) is 0 Å². The van der Waals surface area contributed by atoms with Gasteiger partial charge in [0.05, 0.1) is 0 Å². The molecule has 0 atom stereocenters. The minimum Gasteiger partial charge on any atom is -0.298 e. The van der Waals surface area contributed by atoms with Crippen LogP contribution in [0.2, 0.25) is 0 Å². The Hall–Kier alpha value is -0.240. The lowest BCUT2D eigenvalue weighted by molar-refractivity contribution is -0.104. The van der Waals surface area contributed by atoms with Crippen LogP contribution in [0.1, 0.15) is 0 Å². The van der Waals surface area contributed by atoms with Gasteiger partial charge in [0.1, 0.15) is 6.29 Å². The summed E-state index contributed by atoms with van der Waals surface area (Å²) in [6.45, 7) is 3.35. The molecule has 0 aromatic carbocycles. The van der Waals surface area contributed by atoms with E-state index in [0.717, 1.165) is 0 Å². The molecule has 0 heterocycles. The van der Waals surface area contributed by atoms with Crippen molar-refractivity contribution in [3.63, 3.8) is 0 Å². The third-order valence-corrected chi connectivity index (χ3v) is 0.776. The lowest BCUT2D eigenvalue weighted by Gasteiger charge is -1.78. The zero-order valence-corrected chi connectivity index (χ0v) is 4.24. The van der Waals surface area contributed by atoms with Crippen molar-refractivity contribution in [2.75, 3.05) is 5.75 Å². The third-order valence-electron chi connectivity index (χ3n) is 0.370. The number of thiol groups is 1. The number of hydrogen-bond donors (Lipinski definition) is 1. The Morgan fingerprint density at radius 2 is 2.50 bits per heavy atom. The van der Waals surface area contributed by atoms with E-state index in [1.165, 1.54) is 0 Å². The number of aldehydes is 1. The van der Waals surface area contributed by atoms with Crippen LogP contribution in [-0.4, -0.2) is 12.0 Å². The van der Waals surface area contributed by atoms with Crippen molar-refractivity contribution in [2.45, 2.75) is 0 Å². The van der Waals surface area contributed by atoms with E-state index in [9.17, 15) is 4.79 Å². The molecule has 0 saturated carbocycles. The molecule has 0 aliphatic heterocycles. The fourth-order valence-electron chi connectivity index (χ4n) is 0.0373. The van der Waals surface area contributed by atoms with Crippen molar-refractivity contribution >= 4 is 18.9 Å². The highest BCUT2D eigenvalue weighted by Crippen LogP contribution is 1.83. The Bertz CT molecular complexity index is 67.9. The van der Waals surface area contributed by atoms with Gasteiger partial charge in [0.2, 0.25) is 0 Å². The molecule has 0 amide bonds. The molecule has 1 nitrogen and oxygen atoms in total. The van der Waals surface area contributed by atoms with Crippen LogP contribution in [0.5, 0.6) is 0 Å². The predicted molar refractivity (Wildman–Crippen MR) is 29.1 cm³/mol. The van der Waals surface area contributed by atoms with E-state index in [0.29, 0.717) is 17.6 Å². The number of carbonyl (C=O) groups is 1. The van der Waals surface area contributed by atoms with Crippen LogP contribution in [0.3, 0.4) is 0 Å². The van der Waals surface area contributed by atoms with E-state index in [2.05, 4.69) is 19.2 Å². The molecule has 0 bridgehead atoms. The molecule has 0 aliphatic carbocycles. The number of hydrogen-bond acceptors (Lipinski definition) is 2. The standard InChI is InChI=1S/C4H6OS/c1-4(2-5)3-6/h2,6H,1,3H2. The van der Waals surface area contributed by atoms with Crippen molar-refractivity contribution in [3.8, 4) is 0 Å². The second-order valence-electron chi connectivity index (χ2n) is 0.934. The van der Waals surface area contributed by atoms with Crippen molar-refractivity contribution in [1.29, 1.82) is 0 Å². The maximum absolute atomic E-state index is 9.59. The van der Waals surface area contributed by atoms with Crippen molar-refractivity contribution < 1.29 is 4.79 Å². The summed E-state index contributed by atoms with van der Waals surface area (Å²) < 4.78 is 0. The summed E-state index contributed by atoms with van der Waals surface area (Å²) in [6.07, 6.45) is 0.701. The summed E-state index contributed by atoms with van der Waals surface area (Å²) >= 11 is 3.76. The molecule has 6 heavy (non-hydrogen) atoms. The average molecular weight is 102 g/mol. The van der Waals surface area contributed by atoms with Crippen molar-refractivity contribution in [3.05, 3.63) is 12.2 Å². The van der Waals surface area contributed by atoms with E-state index in [1.807, 2.05) is 0 Å². The second-order valence-corrected chi connectivity index (χ2v) is 1.25. The second kappa shape index (κ2) is 2.97. The monoisotopic (exact) mass is 102 g/mol. The molecule has 0 radical (unpaired) electrons. The Morgan fingerprint density at radius 1 is 2.00 bits per heavy atom. The minimum absolute atomic E-state index is 0.462. The van der Waals surface area contributed by atoms with Gasteiger partial charge in [-0.3, -0.25) is 4.79 Å². The molecule has 0 aliphatic rings. The smallest absolute Gasteiger partial charge is 0.146 e. The molecule has 2 heteroatoms. The summed E-state index contributed by atoms with van der Waals surface area (Å²) in [6, 6.07) is 0. The van der Waals surface area contributed by atoms with Gasteiger partial charge in [0.15, 0.2) is 0 Å². The van der Waals surface area contributed by atoms with Gasteiger partial charge in [0.25, 0.3) is 0 Å². The Kier molecular flexibility index (Phi) is 2.85. The fraction of sp³-hybridized carbons (Fsp3) is 0.250. The zero-order chi connectivity index (χ0) is 4.99. The van der Waals surface area contributed by atoms with Crippen LogP contribution in [-0.2, 0) is 4.79 Å². The molecule has 0 aromatic rings. The summed E-state index contributed by atoms with van der Waals surface area (Å²) in [7, 11) is 0. The molecule has 0 unspecified atom stereocenters. The van der Waals surface area contributed by atoms with Gasteiger partial charge in [-0.25, -0.2) is 0 Å². The molecule has 0 N–H and O–H groups in total. The zero-order valence-electron chi connectivity index (χ0n) is 3.35. The SMILES string of the molecule is C=C(C=O)CS. The Balaban J connectivity index is 3.23. The lowest BCUT2D eigenvalue weighted by Crippen LogP contribution is -1.79. The maximum Gasteiger partial charge on any atom is 0.146 e. The van der Waals surface area contributed by atoms with Gasteiger partial charge in [-0.05, 0) is 5.57 Å². The van der Waals surface area contributed by atoms with Crippen LogP contribution < -0.4 is 0 Å². The highest BCUT2D eigenvalue weighted by Gasteiger charge is 1.78. The Labute approximate surface area is 42.5 Å². The molecule has 0 rings (SSSR count). The summed E-state index contributed by atoms with van der Waals surface area (Å²) in [4.78, 5) is 9.59. The maximum atomic E-state index is 9.59. The predicted octanol–water partition coefficient (Wildman–Crippen LogP) is 0.671. The van der Waals surface area contributed by atoms with Crippen LogP contribution >= 0.6 is 12.6 Å². The van der Waals surface area contributed by atoms with Crippen molar-refractivity contribution in [1.82, 2.24) is 0 Å². The topological polar surface area (TPSA) is 17.1 Å². The number of rotatable bonds is 2. The molecule has 34 valence electrons. The van der Waals surface area contributed by atoms with Crippen molar-refractivity contribution in [2.24, 2.45) is 0 Å².